The highest BCUT2D eigenvalue weighted by Crippen LogP contribution is 2.23. The van der Waals surface area contributed by atoms with Crippen LogP contribution in [0.4, 0.5) is 0 Å². The average Bonchev–Trinajstić information content (AvgIpc) is 2.27. The van der Waals surface area contributed by atoms with Gasteiger partial charge in [-0.25, -0.2) is 0 Å². The molecule has 90 valence electrons. The minimum absolute atomic E-state index is 0.454. The number of nitrogens with zero attached hydrogens (tertiary/aromatic N) is 1. The van der Waals surface area contributed by atoms with Crippen molar-refractivity contribution in [3.05, 3.63) is 48.2 Å². The van der Waals surface area contributed by atoms with E-state index >= 15 is 0 Å². The van der Waals surface area contributed by atoms with Crippen LogP contribution in [0.3, 0.4) is 0 Å². The van der Waals surface area contributed by atoms with Gasteiger partial charge in [0.2, 0.25) is 0 Å². The Labute approximate surface area is 101 Å². The lowest BCUT2D eigenvalue weighted by Crippen LogP contribution is -2.26. The van der Waals surface area contributed by atoms with Crippen molar-refractivity contribution < 1.29 is 0 Å². The second-order valence-corrected chi connectivity index (χ2v) is 4.13. The molecule has 0 aliphatic heterocycles. The molecule has 0 amide bonds. The van der Waals surface area contributed by atoms with Crippen LogP contribution in [0.15, 0.2) is 48.2 Å². The summed E-state index contributed by atoms with van der Waals surface area (Å²) < 4.78 is 0. The Morgan fingerprint density at radius 3 is 2.25 bits per heavy atom. The van der Waals surface area contributed by atoms with Crippen LogP contribution in [0.1, 0.15) is 34.1 Å². The van der Waals surface area contributed by atoms with Gasteiger partial charge >= 0.3 is 0 Å². The highest BCUT2D eigenvalue weighted by atomic mass is 15.1. The van der Waals surface area contributed by atoms with E-state index in [0.29, 0.717) is 6.04 Å². The van der Waals surface area contributed by atoms with Gasteiger partial charge in [0.15, 0.2) is 0 Å². The van der Waals surface area contributed by atoms with Crippen LogP contribution in [0.2, 0.25) is 0 Å². The lowest BCUT2D eigenvalue weighted by atomic mass is 10.0. The van der Waals surface area contributed by atoms with Crippen LogP contribution in [0.25, 0.3) is 0 Å². The molecule has 0 aliphatic rings. The fourth-order valence-corrected chi connectivity index (χ4v) is 1.52. The van der Waals surface area contributed by atoms with Crippen molar-refractivity contribution in [3.8, 4) is 0 Å². The molecule has 0 bridgehead atoms. The Hall–Kier alpha value is -1.24. The molecule has 0 saturated heterocycles. The molecular weight excluding hydrogens is 194 g/mol. The average molecular weight is 219 g/mol. The fourth-order valence-electron chi connectivity index (χ4n) is 1.52. The van der Waals surface area contributed by atoms with Crippen LogP contribution in [-0.2, 0) is 0 Å². The van der Waals surface area contributed by atoms with E-state index in [-0.39, 0.29) is 0 Å². The molecule has 0 atom stereocenters. The van der Waals surface area contributed by atoms with Crippen LogP contribution in [-0.4, -0.2) is 18.0 Å². The Kier molecular flexibility index (Phi) is 6.55. The van der Waals surface area contributed by atoms with Gasteiger partial charge in [-0.1, -0.05) is 38.3 Å². The van der Waals surface area contributed by atoms with E-state index in [2.05, 4.69) is 58.0 Å². The summed E-state index contributed by atoms with van der Waals surface area (Å²) in [5.74, 6) is 0. The van der Waals surface area contributed by atoms with Crippen molar-refractivity contribution in [2.75, 3.05) is 7.05 Å². The summed E-state index contributed by atoms with van der Waals surface area (Å²) in [6.07, 6.45) is 7.20. The summed E-state index contributed by atoms with van der Waals surface area (Å²) in [5, 5.41) is 0. The first-order valence-corrected chi connectivity index (χ1v) is 5.90. The largest absolute Gasteiger partial charge is 0.372 e. The van der Waals surface area contributed by atoms with Crippen molar-refractivity contribution in [2.24, 2.45) is 0 Å². The molecule has 0 aromatic heterocycles. The smallest absolute Gasteiger partial charge is 0.0369 e. The Morgan fingerprint density at radius 1 is 1.38 bits per heavy atom. The molecule has 0 fully saturated rings. The topological polar surface area (TPSA) is 3.24 Å². The quantitative estimate of drug-likeness (QED) is 0.602. The molecular formula is C15H25N. The Morgan fingerprint density at radius 2 is 1.94 bits per heavy atom. The van der Waals surface area contributed by atoms with Gasteiger partial charge in [-0.3, -0.25) is 0 Å². The van der Waals surface area contributed by atoms with E-state index in [1.165, 1.54) is 11.1 Å². The van der Waals surface area contributed by atoms with E-state index in [1.807, 2.05) is 13.0 Å². The van der Waals surface area contributed by atoms with Crippen molar-refractivity contribution in [2.45, 2.75) is 40.2 Å². The molecule has 0 aromatic rings. The summed E-state index contributed by atoms with van der Waals surface area (Å²) >= 11 is 0. The predicted octanol–water partition coefficient (Wildman–Crippen LogP) is 4.31. The minimum Gasteiger partial charge on any atom is -0.372 e. The number of likely N-dealkylation sites (N-methyl/N-ethyl adjacent to an activating group) is 1. The monoisotopic (exact) mass is 219 g/mol. The van der Waals surface area contributed by atoms with Gasteiger partial charge in [0.05, 0.1) is 0 Å². The highest BCUT2D eigenvalue weighted by molar-refractivity contribution is 5.49. The third-order valence-electron chi connectivity index (χ3n) is 2.75. The molecule has 16 heavy (non-hydrogen) atoms. The molecule has 1 heteroatoms. The third kappa shape index (κ3) is 3.73. The van der Waals surface area contributed by atoms with Gasteiger partial charge in [-0.15, -0.1) is 0 Å². The highest BCUT2D eigenvalue weighted by Gasteiger charge is 2.11. The van der Waals surface area contributed by atoms with Gasteiger partial charge in [0.25, 0.3) is 0 Å². The van der Waals surface area contributed by atoms with Crippen LogP contribution < -0.4 is 0 Å². The Bertz CT molecular complexity index is 305. The van der Waals surface area contributed by atoms with Crippen molar-refractivity contribution in [3.63, 3.8) is 0 Å². The standard InChI is InChI=1S/C15H25N/c1-8-11-14(9-2)15(10-3)13(6)16(7)12(4)5/h9-12H,2,6,8H2,1,3-5,7H3/b14-11-,15-10-. The maximum atomic E-state index is 4.17. The van der Waals surface area contributed by atoms with Crippen LogP contribution in [0, 0.1) is 0 Å². The van der Waals surface area contributed by atoms with Crippen LogP contribution in [0.5, 0.6) is 0 Å². The maximum Gasteiger partial charge on any atom is 0.0369 e. The SMILES string of the molecule is C=CC(=C/CC)/C(=C\C)C(=C)N(C)C(C)C. The lowest BCUT2D eigenvalue weighted by molar-refractivity contribution is 0.352. The zero-order chi connectivity index (χ0) is 12.7. The fraction of sp³-hybridized carbons (Fsp3) is 0.467. The van der Waals surface area contributed by atoms with Gasteiger partial charge < -0.3 is 4.90 Å². The number of hydrogen-bond donors (Lipinski definition) is 0. The van der Waals surface area contributed by atoms with Gasteiger partial charge in [0.1, 0.15) is 0 Å². The predicted molar refractivity (Wildman–Crippen MR) is 74.4 cm³/mol. The third-order valence-corrected chi connectivity index (χ3v) is 2.75. The summed E-state index contributed by atoms with van der Waals surface area (Å²) in [6.45, 7) is 16.5. The molecule has 0 aromatic carbocycles. The minimum atomic E-state index is 0.454. The number of hydrogen-bond acceptors (Lipinski definition) is 1. The van der Waals surface area contributed by atoms with E-state index in [1.54, 1.807) is 0 Å². The lowest BCUT2D eigenvalue weighted by Gasteiger charge is -2.28. The zero-order valence-corrected chi connectivity index (χ0v) is 11.4. The van der Waals surface area contributed by atoms with E-state index < -0.39 is 0 Å². The van der Waals surface area contributed by atoms with Crippen molar-refractivity contribution >= 4 is 0 Å². The Balaban J connectivity index is 5.09. The second-order valence-electron chi connectivity index (χ2n) is 4.13. The van der Waals surface area contributed by atoms with Crippen LogP contribution >= 0.6 is 0 Å². The molecule has 0 aliphatic carbocycles. The maximum absolute atomic E-state index is 4.17. The van der Waals surface area contributed by atoms with Gasteiger partial charge in [0, 0.05) is 18.8 Å². The molecule has 0 rings (SSSR count). The first-order valence-electron chi connectivity index (χ1n) is 5.90. The molecule has 0 N–H and O–H groups in total. The normalized spacial score (nSPS) is 12.9. The molecule has 0 saturated carbocycles. The van der Waals surface area contributed by atoms with Gasteiger partial charge in [-0.05, 0) is 38.3 Å². The summed E-state index contributed by atoms with van der Waals surface area (Å²) in [4.78, 5) is 2.18. The number of rotatable bonds is 6. The zero-order valence-electron chi connectivity index (χ0n) is 11.4. The number of allylic oxidation sites excluding steroid dienone is 4. The summed E-state index contributed by atoms with van der Waals surface area (Å²) in [5.41, 5.74) is 3.40. The van der Waals surface area contributed by atoms with E-state index in [0.717, 1.165) is 12.1 Å². The van der Waals surface area contributed by atoms with Gasteiger partial charge in [-0.2, -0.15) is 0 Å². The first kappa shape index (κ1) is 14.8. The first-order chi connectivity index (χ1) is 7.49. The second kappa shape index (κ2) is 7.10. The van der Waals surface area contributed by atoms with E-state index in [4.69, 9.17) is 0 Å². The molecule has 0 spiro atoms. The molecule has 0 radical (unpaired) electrons. The molecule has 1 nitrogen and oxygen atoms in total. The van der Waals surface area contributed by atoms with E-state index in [9.17, 15) is 0 Å². The summed E-state index contributed by atoms with van der Waals surface area (Å²) in [6, 6.07) is 0.454. The van der Waals surface area contributed by atoms with Crippen molar-refractivity contribution in [1.82, 2.24) is 4.90 Å². The summed E-state index contributed by atoms with van der Waals surface area (Å²) in [7, 11) is 2.07. The molecule has 0 heterocycles. The molecule has 0 unspecified atom stereocenters. The van der Waals surface area contributed by atoms with Crippen molar-refractivity contribution in [1.29, 1.82) is 0 Å².